The van der Waals surface area contributed by atoms with E-state index in [0.717, 1.165) is 16.1 Å². The van der Waals surface area contributed by atoms with Crippen molar-refractivity contribution in [3.63, 3.8) is 0 Å². The molecule has 1 saturated carbocycles. The molecule has 0 bridgehead atoms. The van der Waals surface area contributed by atoms with E-state index in [1.54, 1.807) is 0 Å². The van der Waals surface area contributed by atoms with Crippen molar-refractivity contribution in [2.45, 2.75) is 51.2 Å². The zero-order valence-electron chi connectivity index (χ0n) is 12.7. The highest BCUT2D eigenvalue weighted by Gasteiger charge is 2.16. The van der Waals surface area contributed by atoms with Crippen molar-refractivity contribution in [2.24, 2.45) is 5.92 Å². The summed E-state index contributed by atoms with van der Waals surface area (Å²) in [5, 5.41) is 13.5. The Morgan fingerprint density at radius 1 is 1.33 bits per heavy atom. The molecule has 1 fully saturated rings. The van der Waals surface area contributed by atoms with Crippen LogP contribution in [0.2, 0.25) is 0 Å². The van der Waals surface area contributed by atoms with Crippen LogP contribution in [0.25, 0.3) is 0 Å². The number of benzene rings is 1. The highest BCUT2D eigenvalue weighted by Crippen LogP contribution is 2.22. The smallest absolute Gasteiger partial charge is 0.120 e. The molecule has 1 aliphatic rings. The van der Waals surface area contributed by atoms with Gasteiger partial charge in [0.2, 0.25) is 0 Å². The van der Waals surface area contributed by atoms with Crippen LogP contribution >= 0.6 is 15.9 Å². The number of aliphatic hydroxyl groups is 1. The highest BCUT2D eigenvalue weighted by atomic mass is 79.9. The second kappa shape index (κ2) is 8.76. The summed E-state index contributed by atoms with van der Waals surface area (Å²) in [5.74, 6) is 1.63. The van der Waals surface area contributed by atoms with Crippen LogP contribution < -0.4 is 10.1 Å². The van der Waals surface area contributed by atoms with E-state index in [-0.39, 0.29) is 0 Å². The summed E-state index contributed by atoms with van der Waals surface area (Å²) in [6.07, 6.45) is 5.91. The molecule has 0 spiro atoms. The molecule has 0 radical (unpaired) electrons. The number of rotatable bonds is 6. The number of hydrogen-bond donors (Lipinski definition) is 2. The standard InChI is InChI=1S/C17H26BrNO2/c1-13-4-2-6-15(9-8-13)19-11-16(20)12-21-17-7-3-5-14(18)10-17/h3,5,7,10,13,15-16,19-20H,2,4,6,8-9,11-12H2,1H3. The summed E-state index contributed by atoms with van der Waals surface area (Å²) in [5.41, 5.74) is 0. The summed E-state index contributed by atoms with van der Waals surface area (Å²) in [4.78, 5) is 0. The first-order chi connectivity index (χ1) is 10.1. The third-order valence-electron chi connectivity index (χ3n) is 4.14. The summed E-state index contributed by atoms with van der Waals surface area (Å²) in [6, 6.07) is 8.24. The molecular weight excluding hydrogens is 330 g/mol. The Hall–Kier alpha value is -0.580. The lowest BCUT2D eigenvalue weighted by atomic mass is 10.0. The molecule has 3 atom stereocenters. The van der Waals surface area contributed by atoms with Gasteiger partial charge in [0, 0.05) is 17.1 Å². The van der Waals surface area contributed by atoms with Crippen molar-refractivity contribution < 1.29 is 9.84 Å². The fourth-order valence-corrected chi connectivity index (χ4v) is 3.18. The topological polar surface area (TPSA) is 41.5 Å². The first-order valence-corrected chi connectivity index (χ1v) is 8.72. The number of nitrogens with one attached hydrogen (secondary N) is 1. The third kappa shape index (κ3) is 6.37. The van der Waals surface area contributed by atoms with Crippen LogP contribution in [0.3, 0.4) is 0 Å². The number of ether oxygens (including phenoxy) is 1. The van der Waals surface area contributed by atoms with Gasteiger partial charge in [0.15, 0.2) is 0 Å². The average Bonchev–Trinajstić information content (AvgIpc) is 2.68. The van der Waals surface area contributed by atoms with Gasteiger partial charge < -0.3 is 15.2 Å². The Bertz CT molecular complexity index is 427. The summed E-state index contributed by atoms with van der Waals surface area (Å²) in [6.45, 7) is 3.27. The fraction of sp³-hybridized carbons (Fsp3) is 0.647. The van der Waals surface area contributed by atoms with Crippen molar-refractivity contribution in [1.82, 2.24) is 5.32 Å². The van der Waals surface area contributed by atoms with Gasteiger partial charge in [-0.1, -0.05) is 41.8 Å². The third-order valence-corrected chi connectivity index (χ3v) is 4.63. The van der Waals surface area contributed by atoms with E-state index >= 15 is 0 Å². The Morgan fingerprint density at radius 2 is 2.19 bits per heavy atom. The van der Waals surface area contributed by atoms with E-state index in [1.165, 1.54) is 32.1 Å². The quantitative estimate of drug-likeness (QED) is 0.763. The largest absolute Gasteiger partial charge is 0.491 e. The monoisotopic (exact) mass is 355 g/mol. The van der Waals surface area contributed by atoms with E-state index in [2.05, 4.69) is 28.2 Å². The average molecular weight is 356 g/mol. The van der Waals surface area contributed by atoms with Crippen molar-refractivity contribution in [3.8, 4) is 5.75 Å². The molecule has 3 nitrogen and oxygen atoms in total. The van der Waals surface area contributed by atoms with Crippen molar-refractivity contribution in [3.05, 3.63) is 28.7 Å². The zero-order chi connectivity index (χ0) is 15.1. The lowest BCUT2D eigenvalue weighted by Gasteiger charge is -2.19. The molecule has 1 aromatic rings. The molecule has 0 heterocycles. The Labute approximate surface area is 136 Å². The molecule has 1 aromatic carbocycles. The SMILES string of the molecule is CC1CCCC(NCC(O)COc2cccc(Br)c2)CC1. The van der Waals surface area contributed by atoms with Crippen molar-refractivity contribution in [1.29, 1.82) is 0 Å². The minimum atomic E-state index is -0.468. The summed E-state index contributed by atoms with van der Waals surface area (Å²) < 4.78 is 6.60. The molecule has 0 saturated heterocycles. The first-order valence-electron chi connectivity index (χ1n) is 7.93. The molecule has 0 aliphatic heterocycles. The predicted octanol–water partition coefficient (Wildman–Crippen LogP) is 3.75. The molecule has 0 aromatic heterocycles. The van der Waals surface area contributed by atoms with E-state index in [0.29, 0.717) is 19.2 Å². The lowest BCUT2D eigenvalue weighted by Crippen LogP contribution is -2.37. The second-order valence-corrected chi connectivity index (χ2v) is 7.06. The van der Waals surface area contributed by atoms with Crippen LogP contribution in [0.1, 0.15) is 39.0 Å². The Morgan fingerprint density at radius 3 is 3.00 bits per heavy atom. The molecule has 3 unspecified atom stereocenters. The first kappa shape index (κ1) is 16.8. The van der Waals surface area contributed by atoms with Gasteiger partial charge in [-0.25, -0.2) is 0 Å². The molecule has 4 heteroatoms. The van der Waals surface area contributed by atoms with Crippen LogP contribution in [0, 0.1) is 5.92 Å². The maximum atomic E-state index is 10.0. The molecule has 1 aliphatic carbocycles. The Balaban J connectivity index is 1.66. The molecule has 118 valence electrons. The Kier molecular flexibility index (Phi) is 7.00. The molecular formula is C17H26BrNO2. The van der Waals surface area contributed by atoms with Crippen LogP contribution in [0.4, 0.5) is 0 Å². The second-order valence-electron chi connectivity index (χ2n) is 6.14. The van der Waals surface area contributed by atoms with Crippen LogP contribution in [0.15, 0.2) is 28.7 Å². The minimum absolute atomic E-state index is 0.326. The summed E-state index contributed by atoms with van der Waals surface area (Å²) in [7, 11) is 0. The van der Waals surface area contributed by atoms with Gasteiger partial charge in [0.25, 0.3) is 0 Å². The van der Waals surface area contributed by atoms with Crippen molar-refractivity contribution in [2.75, 3.05) is 13.2 Å². The van der Waals surface area contributed by atoms with Crippen molar-refractivity contribution >= 4 is 15.9 Å². The van der Waals surface area contributed by atoms with E-state index in [1.807, 2.05) is 24.3 Å². The minimum Gasteiger partial charge on any atom is -0.491 e. The predicted molar refractivity (Wildman–Crippen MR) is 89.7 cm³/mol. The molecule has 2 N–H and O–H groups in total. The van der Waals surface area contributed by atoms with Gasteiger partial charge in [-0.2, -0.15) is 0 Å². The maximum Gasteiger partial charge on any atom is 0.120 e. The zero-order valence-corrected chi connectivity index (χ0v) is 14.3. The molecule has 0 amide bonds. The number of halogens is 1. The van der Waals surface area contributed by atoms with Crippen LogP contribution in [-0.4, -0.2) is 30.4 Å². The molecule has 2 rings (SSSR count). The van der Waals surface area contributed by atoms with Gasteiger partial charge in [0.05, 0.1) is 0 Å². The number of hydrogen-bond acceptors (Lipinski definition) is 3. The lowest BCUT2D eigenvalue weighted by molar-refractivity contribution is 0.103. The van der Waals surface area contributed by atoms with Gasteiger partial charge in [-0.05, 0) is 43.4 Å². The molecule has 21 heavy (non-hydrogen) atoms. The van der Waals surface area contributed by atoms with Gasteiger partial charge in [-0.3, -0.25) is 0 Å². The van der Waals surface area contributed by atoms with Crippen LogP contribution in [-0.2, 0) is 0 Å². The normalized spacial score (nSPS) is 24.3. The number of aliphatic hydroxyl groups excluding tert-OH is 1. The van der Waals surface area contributed by atoms with Gasteiger partial charge in [0.1, 0.15) is 18.5 Å². The van der Waals surface area contributed by atoms with Crippen LogP contribution in [0.5, 0.6) is 5.75 Å². The maximum absolute atomic E-state index is 10.0. The highest BCUT2D eigenvalue weighted by molar-refractivity contribution is 9.10. The van der Waals surface area contributed by atoms with E-state index in [9.17, 15) is 5.11 Å². The fourth-order valence-electron chi connectivity index (χ4n) is 2.80. The van der Waals surface area contributed by atoms with Gasteiger partial charge >= 0.3 is 0 Å². The van der Waals surface area contributed by atoms with E-state index < -0.39 is 6.10 Å². The summed E-state index contributed by atoms with van der Waals surface area (Å²) >= 11 is 3.41. The van der Waals surface area contributed by atoms with E-state index in [4.69, 9.17) is 4.74 Å². The van der Waals surface area contributed by atoms with Gasteiger partial charge in [-0.15, -0.1) is 0 Å².